The van der Waals surface area contributed by atoms with Crippen molar-refractivity contribution in [2.75, 3.05) is 13.1 Å². The number of nitrogens with zero attached hydrogens (tertiary/aromatic N) is 5. The minimum absolute atomic E-state index is 0.0360. The molecule has 3 aromatic rings. The largest absolute Gasteiger partial charge is 0.339 e. The van der Waals surface area contributed by atoms with Gasteiger partial charge in [0.15, 0.2) is 0 Å². The van der Waals surface area contributed by atoms with Gasteiger partial charge in [-0.2, -0.15) is 15.3 Å². The molecule has 0 unspecified atom stereocenters. The first-order chi connectivity index (χ1) is 14.0. The van der Waals surface area contributed by atoms with Gasteiger partial charge in [0.05, 0.1) is 17.1 Å². The topological polar surface area (TPSA) is 63.9 Å². The maximum absolute atomic E-state index is 13.3. The van der Waals surface area contributed by atoms with Gasteiger partial charge < -0.3 is 4.90 Å². The Morgan fingerprint density at radius 2 is 1.86 bits per heavy atom. The maximum atomic E-state index is 13.3. The van der Waals surface area contributed by atoms with Crippen molar-refractivity contribution in [1.82, 2.24) is 24.9 Å². The molecule has 0 saturated carbocycles. The molecule has 0 bridgehead atoms. The van der Waals surface area contributed by atoms with Gasteiger partial charge in [-0.25, -0.2) is 4.39 Å². The van der Waals surface area contributed by atoms with Gasteiger partial charge in [-0.15, -0.1) is 0 Å². The molecule has 0 atom stereocenters. The Bertz CT molecular complexity index is 1040. The molecule has 3 heterocycles. The van der Waals surface area contributed by atoms with Gasteiger partial charge in [-0.3, -0.25) is 9.48 Å². The molecule has 6 nitrogen and oxygen atoms in total. The number of carbonyl (C=O) groups excluding carboxylic acids is 1. The Balaban J connectivity index is 1.69. The monoisotopic (exact) mass is 391 g/mol. The summed E-state index contributed by atoms with van der Waals surface area (Å²) in [5.74, 6) is -0.133. The van der Waals surface area contributed by atoms with Crippen molar-refractivity contribution < 1.29 is 9.18 Å². The van der Waals surface area contributed by atoms with Crippen LogP contribution in [0.4, 0.5) is 4.39 Å². The molecule has 7 heteroatoms. The van der Waals surface area contributed by atoms with Crippen LogP contribution in [0.5, 0.6) is 0 Å². The zero-order valence-electron chi connectivity index (χ0n) is 16.3. The van der Waals surface area contributed by atoms with Crippen LogP contribution in [0, 0.1) is 5.82 Å². The number of hydrogen-bond acceptors (Lipinski definition) is 4. The molecule has 2 aromatic heterocycles. The van der Waals surface area contributed by atoms with Crippen LogP contribution in [0.25, 0.3) is 22.5 Å². The summed E-state index contributed by atoms with van der Waals surface area (Å²) in [6.45, 7) is 4.90. The smallest absolute Gasteiger partial charge is 0.245 e. The van der Waals surface area contributed by atoms with E-state index in [0.717, 1.165) is 35.4 Å². The van der Waals surface area contributed by atoms with Crippen LogP contribution in [-0.2, 0) is 11.8 Å². The van der Waals surface area contributed by atoms with Gasteiger partial charge in [0.1, 0.15) is 5.82 Å². The van der Waals surface area contributed by atoms with Crippen LogP contribution in [0.3, 0.4) is 0 Å². The van der Waals surface area contributed by atoms with E-state index in [9.17, 15) is 9.18 Å². The first kappa shape index (κ1) is 19.0. The van der Waals surface area contributed by atoms with Crippen molar-refractivity contribution in [1.29, 1.82) is 0 Å². The lowest BCUT2D eigenvalue weighted by atomic mass is 9.89. The third kappa shape index (κ3) is 3.94. The average Bonchev–Trinajstić information content (AvgIpc) is 3.19. The fourth-order valence-electron chi connectivity index (χ4n) is 3.73. The van der Waals surface area contributed by atoms with Crippen LogP contribution in [0.15, 0.2) is 55.3 Å². The van der Waals surface area contributed by atoms with Gasteiger partial charge in [0, 0.05) is 43.4 Å². The number of aryl methyl sites for hydroxylation is 1. The summed E-state index contributed by atoms with van der Waals surface area (Å²) < 4.78 is 15.0. The molecule has 148 valence electrons. The lowest BCUT2D eigenvalue weighted by Gasteiger charge is -2.31. The zero-order valence-corrected chi connectivity index (χ0v) is 16.3. The standard InChI is InChI=1S/C22H22FN5O/c1-3-21(29)28-12-8-16(9-13-28)22-18(19-10-11-27(2)26-19)14-20(24-25-22)15-4-6-17(23)7-5-15/h3-7,10-11,14,16H,1,8-9,12-13H2,2H3. The van der Waals surface area contributed by atoms with Crippen molar-refractivity contribution in [3.63, 3.8) is 0 Å². The second-order valence-corrected chi connectivity index (χ2v) is 7.21. The van der Waals surface area contributed by atoms with Gasteiger partial charge in [0.2, 0.25) is 5.91 Å². The van der Waals surface area contributed by atoms with Crippen molar-refractivity contribution in [3.8, 4) is 22.5 Å². The van der Waals surface area contributed by atoms with Crippen molar-refractivity contribution in [2.45, 2.75) is 18.8 Å². The lowest BCUT2D eigenvalue weighted by molar-refractivity contribution is -0.127. The minimum atomic E-state index is -0.288. The molecule has 0 aliphatic carbocycles. The van der Waals surface area contributed by atoms with Crippen LogP contribution < -0.4 is 0 Å². The molecule has 0 N–H and O–H groups in total. The summed E-state index contributed by atoms with van der Waals surface area (Å²) in [5, 5.41) is 13.5. The van der Waals surface area contributed by atoms with E-state index >= 15 is 0 Å². The van der Waals surface area contributed by atoms with Gasteiger partial charge in [0.25, 0.3) is 0 Å². The number of benzene rings is 1. The summed E-state index contributed by atoms with van der Waals surface area (Å²) in [6, 6.07) is 10.1. The van der Waals surface area contributed by atoms with Crippen LogP contribution in [0.1, 0.15) is 24.5 Å². The predicted molar refractivity (Wildman–Crippen MR) is 108 cm³/mol. The quantitative estimate of drug-likeness (QED) is 0.638. The van der Waals surface area contributed by atoms with E-state index in [-0.39, 0.29) is 17.6 Å². The Morgan fingerprint density at radius 3 is 2.48 bits per heavy atom. The van der Waals surface area contributed by atoms with Crippen LogP contribution in [-0.4, -0.2) is 43.9 Å². The Labute approximate surface area is 168 Å². The second kappa shape index (κ2) is 7.95. The highest BCUT2D eigenvalue weighted by atomic mass is 19.1. The van der Waals surface area contributed by atoms with E-state index in [1.54, 1.807) is 16.8 Å². The minimum Gasteiger partial charge on any atom is -0.339 e. The zero-order chi connectivity index (χ0) is 20.4. The van der Waals surface area contributed by atoms with E-state index in [1.807, 2.05) is 30.3 Å². The molecule has 1 aromatic carbocycles. The number of halogens is 1. The Kier molecular flexibility index (Phi) is 5.20. The summed E-state index contributed by atoms with van der Waals surface area (Å²) in [6.07, 6.45) is 4.87. The molecular formula is C22H22FN5O. The molecule has 4 rings (SSSR count). The van der Waals surface area contributed by atoms with Crippen molar-refractivity contribution in [3.05, 3.63) is 66.8 Å². The fourth-order valence-corrected chi connectivity index (χ4v) is 3.73. The normalized spacial score (nSPS) is 14.8. The molecule has 0 spiro atoms. The van der Waals surface area contributed by atoms with Gasteiger partial charge in [-0.05, 0) is 55.3 Å². The average molecular weight is 391 g/mol. The predicted octanol–water partition coefficient (Wildman–Crippen LogP) is 3.58. The number of rotatable bonds is 4. The first-order valence-corrected chi connectivity index (χ1v) is 9.60. The van der Waals surface area contributed by atoms with Crippen LogP contribution in [0.2, 0.25) is 0 Å². The summed E-state index contributed by atoms with van der Waals surface area (Å²) in [7, 11) is 1.87. The molecular weight excluding hydrogens is 369 g/mol. The van der Waals surface area contributed by atoms with Crippen molar-refractivity contribution >= 4 is 5.91 Å². The molecule has 1 aliphatic rings. The fraction of sp³-hybridized carbons (Fsp3) is 0.273. The van der Waals surface area contributed by atoms with E-state index in [1.165, 1.54) is 18.2 Å². The third-order valence-electron chi connectivity index (χ3n) is 5.32. The third-order valence-corrected chi connectivity index (χ3v) is 5.32. The summed E-state index contributed by atoms with van der Waals surface area (Å²) >= 11 is 0. The number of carbonyl (C=O) groups is 1. The lowest BCUT2D eigenvalue weighted by Crippen LogP contribution is -2.37. The molecule has 1 amide bonds. The highest BCUT2D eigenvalue weighted by Gasteiger charge is 2.27. The summed E-state index contributed by atoms with van der Waals surface area (Å²) in [5.41, 5.74) is 4.11. The van der Waals surface area contributed by atoms with E-state index < -0.39 is 0 Å². The number of piperidine rings is 1. The second-order valence-electron chi connectivity index (χ2n) is 7.21. The number of aromatic nitrogens is 4. The van der Waals surface area contributed by atoms with Gasteiger partial charge >= 0.3 is 0 Å². The van der Waals surface area contributed by atoms with Crippen molar-refractivity contribution in [2.24, 2.45) is 7.05 Å². The SMILES string of the molecule is C=CC(=O)N1CCC(c2nnc(-c3ccc(F)cc3)cc2-c2ccn(C)n2)CC1. The van der Waals surface area contributed by atoms with E-state index in [0.29, 0.717) is 18.8 Å². The molecule has 1 aliphatic heterocycles. The molecule has 1 fully saturated rings. The number of likely N-dealkylation sites (tertiary alicyclic amines) is 1. The highest BCUT2D eigenvalue weighted by Crippen LogP contribution is 2.35. The molecule has 0 radical (unpaired) electrons. The number of amides is 1. The van der Waals surface area contributed by atoms with E-state index in [2.05, 4.69) is 21.9 Å². The van der Waals surface area contributed by atoms with Crippen LogP contribution >= 0.6 is 0 Å². The Hall–Kier alpha value is -3.35. The number of hydrogen-bond donors (Lipinski definition) is 0. The van der Waals surface area contributed by atoms with E-state index in [4.69, 9.17) is 0 Å². The first-order valence-electron chi connectivity index (χ1n) is 9.60. The summed E-state index contributed by atoms with van der Waals surface area (Å²) in [4.78, 5) is 13.7. The van der Waals surface area contributed by atoms with Gasteiger partial charge in [-0.1, -0.05) is 6.58 Å². The Morgan fingerprint density at radius 1 is 1.14 bits per heavy atom. The molecule has 1 saturated heterocycles. The highest BCUT2D eigenvalue weighted by molar-refractivity contribution is 5.87. The maximum Gasteiger partial charge on any atom is 0.245 e. The molecule has 29 heavy (non-hydrogen) atoms.